The fraction of sp³-hybridized carbons (Fsp3) is 0.469. The van der Waals surface area contributed by atoms with Crippen LogP contribution in [0.3, 0.4) is 0 Å². The number of likely N-dealkylation sites (tertiary alicyclic amines) is 1. The van der Waals surface area contributed by atoms with Gasteiger partial charge in [-0.1, -0.05) is 44.5 Å². The van der Waals surface area contributed by atoms with Gasteiger partial charge in [0.25, 0.3) is 5.91 Å². The van der Waals surface area contributed by atoms with Crippen molar-refractivity contribution in [3.63, 3.8) is 0 Å². The number of piperidine rings is 1. The number of hydrogen-bond acceptors (Lipinski definition) is 5. The van der Waals surface area contributed by atoms with Crippen LogP contribution >= 0.6 is 11.6 Å². The molecule has 218 valence electrons. The van der Waals surface area contributed by atoms with Gasteiger partial charge in [-0.05, 0) is 86.6 Å². The number of rotatable bonds is 6. The maximum atomic E-state index is 13.9. The number of hydrogen-bond donors (Lipinski definition) is 2. The van der Waals surface area contributed by atoms with Gasteiger partial charge in [0, 0.05) is 35.7 Å². The molecule has 0 spiro atoms. The van der Waals surface area contributed by atoms with Gasteiger partial charge in [0.1, 0.15) is 5.82 Å². The molecule has 2 aliphatic rings. The van der Waals surface area contributed by atoms with E-state index in [4.69, 9.17) is 11.6 Å². The highest BCUT2D eigenvalue weighted by Gasteiger charge is 2.28. The monoisotopic (exact) mass is 576 g/mol. The van der Waals surface area contributed by atoms with Crippen LogP contribution in [0.15, 0.2) is 42.6 Å². The average Bonchev–Trinajstić information content (AvgIpc) is 3.18. The average molecular weight is 577 g/mol. The first kappa shape index (κ1) is 29.1. The Balaban J connectivity index is 1.23. The number of amides is 2. The van der Waals surface area contributed by atoms with Crippen molar-refractivity contribution >= 4 is 40.6 Å². The summed E-state index contributed by atoms with van der Waals surface area (Å²) in [6, 6.07) is 11.3. The molecule has 3 aromatic rings. The van der Waals surface area contributed by atoms with Crippen molar-refractivity contribution < 1.29 is 9.59 Å². The predicted octanol–water partition coefficient (Wildman–Crippen LogP) is 6.05. The minimum absolute atomic E-state index is 0.0606. The number of carbonyl (C=O) groups is 2. The van der Waals surface area contributed by atoms with Gasteiger partial charge in [0.2, 0.25) is 5.91 Å². The molecule has 0 unspecified atom stereocenters. The van der Waals surface area contributed by atoms with Gasteiger partial charge >= 0.3 is 0 Å². The largest absolute Gasteiger partial charge is 0.352 e. The van der Waals surface area contributed by atoms with Gasteiger partial charge in [0.15, 0.2) is 0 Å². The molecule has 0 atom stereocenters. The van der Waals surface area contributed by atoms with Gasteiger partial charge in [-0.25, -0.2) is 0 Å². The Labute approximate surface area is 248 Å². The standard InChI is InChI=1S/C32H41ClN6O2/c1-21-16-22(18-34-30(40)23-10-13-38(14-11-23)15-12-32(2,3)4)6-8-26(21)31(41)39-20-24-19-35-37(5)29(24)36-27-17-25(33)7-9-28(27)39/h6-9,16-17,19,23,36H,10-15,18,20H2,1-5H3,(H,34,40). The highest BCUT2D eigenvalue weighted by molar-refractivity contribution is 6.31. The Hall–Kier alpha value is -3.36. The van der Waals surface area contributed by atoms with Gasteiger partial charge in [-0.15, -0.1) is 0 Å². The molecule has 0 aliphatic carbocycles. The molecule has 9 heteroatoms. The second-order valence-corrected chi connectivity index (χ2v) is 13.0. The number of nitrogens with one attached hydrogen (secondary N) is 2. The quantitative estimate of drug-likeness (QED) is 0.373. The van der Waals surface area contributed by atoms with Crippen molar-refractivity contribution in [2.75, 3.05) is 29.9 Å². The van der Waals surface area contributed by atoms with Gasteiger partial charge < -0.3 is 20.4 Å². The Kier molecular flexibility index (Phi) is 8.43. The van der Waals surface area contributed by atoms with Crippen LogP contribution in [-0.2, 0) is 24.9 Å². The van der Waals surface area contributed by atoms with Crippen LogP contribution in [0.4, 0.5) is 17.2 Å². The normalized spacial score (nSPS) is 16.0. The summed E-state index contributed by atoms with van der Waals surface area (Å²) in [5.41, 5.74) is 5.24. The van der Waals surface area contributed by atoms with Gasteiger partial charge in [0.05, 0.1) is 24.1 Å². The van der Waals surface area contributed by atoms with Crippen molar-refractivity contribution in [2.24, 2.45) is 18.4 Å². The maximum Gasteiger partial charge on any atom is 0.258 e. The van der Waals surface area contributed by atoms with E-state index < -0.39 is 0 Å². The summed E-state index contributed by atoms with van der Waals surface area (Å²) in [6.45, 7) is 12.7. The summed E-state index contributed by atoms with van der Waals surface area (Å²) >= 11 is 6.30. The Morgan fingerprint density at radius 2 is 1.88 bits per heavy atom. The van der Waals surface area contributed by atoms with E-state index in [0.717, 1.165) is 66.4 Å². The van der Waals surface area contributed by atoms with Crippen LogP contribution in [0.1, 0.15) is 67.1 Å². The third-order valence-corrected chi connectivity index (χ3v) is 8.45. The molecule has 8 nitrogen and oxygen atoms in total. The smallest absolute Gasteiger partial charge is 0.258 e. The molecule has 41 heavy (non-hydrogen) atoms. The molecule has 1 aromatic heterocycles. The molecule has 3 heterocycles. The van der Waals surface area contributed by atoms with Crippen LogP contribution in [0.2, 0.25) is 5.02 Å². The van der Waals surface area contributed by atoms with Crippen molar-refractivity contribution in [3.05, 3.63) is 69.9 Å². The third-order valence-electron chi connectivity index (χ3n) is 8.21. The number of carbonyl (C=O) groups excluding carboxylic acids is 2. The van der Waals surface area contributed by atoms with Crippen molar-refractivity contribution in [3.8, 4) is 0 Å². The number of aryl methyl sites for hydroxylation is 2. The first-order chi connectivity index (χ1) is 19.5. The Morgan fingerprint density at radius 3 is 2.59 bits per heavy atom. The number of anilines is 3. The number of fused-ring (bicyclic) bond motifs is 2. The van der Waals surface area contributed by atoms with E-state index in [9.17, 15) is 9.59 Å². The molecule has 2 N–H and O–H groups in total. The van der Waals surface area contributed by atoms with Crippen LogP contribution in [0, 0.1) is 18.3 Å². The zero-order valence-corrected chi connectivity index (χ0v) is 25.5. The lowest BCUT2D eigenvalue weighted by Crippen LogP contribution is -2.41. The molecular weight excluding hydrogens is 536 g/mol. The zero-order chi connectivity index (χ0) is 29.3. The molecule has 2 amide bonds. The summed E-state index contributed by atoms with van der Waals surface area (Å²) in [5, 5.41) is 11.5. The van der Waals surface area contributed by atoms with Gasteiger partial charge in [-0.3, -0.25) is 14.3 Å². The highest BCUT2D eigenvalue weighted by atomic mass is 35.5. The minimum atomic E-state index is -0.0987. The summed E-state index contributed by atoms with van der Waals surface area (Å²) in [4.78, 5) is 31.1. The van der Waals surface area contributed by atoms with Crippen LogP contribution in [-0.4, -0.2) is 46.1 Å². The summed E-state index contributed by atoms with van der Waals surface area (Å²) < 4.78 is 1.76. The predicted molar refractivity (Wildman–Crippen MR) is 165 cm³/mol. The first-order valence-electron chi connectivity index (χ1n) is 14.5. The number of nitrogens with zero attached hydrogens (tertiary/aromatic N) is 4. The van der Waals surface area contributed by atoms with E-state index in [1.54, 1.807) is 21.8 Å². The van der Waals surface area contributed by atoms with E-state index in [0.29, 0.717) is 29.1 Å². The SMILES string of the molecule is Cc1cc(CNC(=O)C2CCN(CCC(C)(C)C)CC2)ccc1C(=O)N1Cc2cnn(C)c2Nc2cc(Cl)ccc21. The second-order valence-electron chi connectivity index (χ2n) is 12.6. The molecule has 0 radical (unpaired) electrons. The number of aromatic nitrogens is 2. The lowest BCUT2D eigenvalue weighted by Gasteiger charge is -2.33. The Bertz CT molecular complexity index is 1430. The van der Waals surface area contributed by atoms with E-state index in [2.05, 4.69) is 41.4 Å². The number of benzene rings is 2. The summed E-state index contributed by atoms with van der Waals surface area (Å²) in [7, 11) is 1.87. The lowest BCUT2D eigenvalue weighted by atomic mass is 9.90. The molecule has 2 aliphatic heterocycles. The molecule has 2 aromatic carbocycles. The fourth-order valence-corrected chi connectivity index (χ4v) is 5.81. The topological polar surface area (TPSA) is 82.5 Å². The molecule has 1 saturated heterocycles. The number of halogens is 1. The fourth-order valence-electron chi connectivity index (χ4n) is 5.63. The molecule has 0 saturated carbocycles. The van der Waals surface area contributed by atoms with Crippen LogP contribution in [0.5, 0.6) is 0 Å². The van der Waals surface area contributed by atoms with E-state index in [1.165, 1.54) is 6.42 Å². The van der Waals surface area contributed by atoms with Crippen LogP contribution < -0.4 is 15.5 Å². The van der Waals surface area contributed by atoms with Crippen molar-refractivity contribution in [1.29, 1.82) is 0 Å². The first-order valence-corrected chi connectivity index (χ1v) is 14.9. The molecule has 0 bridgehead atoms. The lowest BCUT2D eigenvalue weighted by molar-refractivity contribution is -0.126. The molecule has 1 fully saturated rings. The van der Waals surface area contributed by atoms with Gasteiger partial charge in [-0.2, -0.15) is 5.10 Å². The van der Waals surface area contributed by atoms with Crippen molar-refractivity contribution in [2.45, 2.75) is 60.0 Å². The van der Waals surface area contributed by atoms with E-state index in [1.807, 2.05) is 44.3 Å². The third kappa shape index (κ3) is 6.76. The highest BCUT2D eigenvalue weighted by Crippen LogP contribution is 2.38. The van der Waals surface area contributed by atoms with E-state index >= 15 is 0 Å². The van der Waals surface area contributed by atoms with Crippen molar-refractivity contribution in [1.82, 2.24) is 20.0 Å². The molecule has 5 rings (SSSR count). The summed E-state index contributed by atoms with van der Waals surface area (Å²) in [5.74, 6) is 0.920. The second kappa shape index (κ2) is 11.9. The van der Waals surface area contributed by atoms with E-state index in [-0.39, 0.29) is 17.7 Å². The molecular formula is C32H41ClN6O2. The zero-order valence-electron chi connectivity index (χ0n) is 24.8. The maximum absolute atomic E-state index is 13.9. The minimum Gasteiger partial charge on any atom is -0.352 e. The van der Waals surface area contributed by atoms with Crippen LogP contribution in [0.25, 0.3) is 0 Å². The Morgan fingerprint density at radius 1 is 1.12 bits per heavy atom. The summed E-state index contributed by atoms with van der Waals surface area (Å²) in [6.07, 6.45) is 4.75.